The van der Waals surface area contributed by atoms with Crippen molar-refractivity contribution in [1.29, 1.82) is 0 Å². The van der Waals surface area contributed by atoms with E-state index in [1.54, 1.807) is 18.4 Å². The fourth-order valence-corrected chi connectivity index (χ4v) is 2.59. The maximum Gasteiger partial charge on any atom is 0.281 e. The molecule has 18 heavy (non-hydrogen) atoms. The average Bonchev–Trinajstić information content (AvgIpc) is 2.41. The number of nitrogens with one attached hydrogen (secondary N) is 1. The van der Waals surface area contributed by atoms with Gasteiger partial charge in [-0.2, -0.15) is 0 Å². The van der Waals surface area contributed by atoms with Gasteiger partial charge in [0.2, 0.25) is 0 Å². The van der Waals surface area contributed by atoms with Gasteiger partial charge in [-0.25, -0.2) is 4.39 Å². The molecule has 1 aromatic rings. The molecule has 1 saturated heterocycles. The predicted molar refractivity (Wildman–Crippen MR) is 72.4 cm³/mol. The summed E-state index contributed by atoms with van der Waals surface area (Å²) in [5.41, 5.74) is 1.09. The predicted octanol–water partition coefficient (Wildman–Crippen LogP) is 2.12. The number of thioether (sulfide) groups is 1. The third-order valence-corrected chi connectivity index (χ3v) is 3.69. The van der Waals surface area contributed by atoms with E-state index < -0.39 is 0 Å². The SMILES string of the molecule is CSC(=O)N1CCNC(Cc2ccc(F)cc2)C1. The van der Waals surface area contributed by atoms with E-state index in [4.69, 9.17) is 0 Å². The molecule has 1 atom stereocenters. The maximum atomic E-state index is 12.8. The van der Waals surface area contributed by atoms with Gasteiger partial charge in [0.1, 0.15) is 5.82 Å². The summed E-state index contributed by atoms with van der Waals surface area (Å²) in [7, 11) is 0. The third-order valence-electron chi connectivity index (χ3n) is 3.08. The molecule has 3 nitrogen and oxygen atoms in total. The van der Waals surface area contributed by atoms with Gasteiger partial charge in [0.15, 0.2) is 0 Å². The lowest BCUT2D eigenvalue weighted by Gasteiger charge is -2.33. The van der Waals surface area contributed by atoms with E-state index in [2.05, 4.69) is 5.32 Å². The van der Waals surface area contributed by atoms with Crippen LogP contribution in [0.5, 0.6) is 0 Å². The molecule has 0 bridgehead atoms. The summed E-state index contributed by atoms with van der Waals surface area (Å²) < 4.78 is 12.8. The monoisotopic (exact) mass is 268 g/mol. The summed E-state index contributed by atoms with van der Waals surface area (Å²) in [5.74, 6) is -0.213. The lowest BCUT2D eigenvalue weighted by molar-refractivity contribution is 0.200. The van der Waals surface area contributed by atoms with Crippen molar-refractivity contribution in [2.75, 3.05) is 25.9 Å². The normalized spacial score (nSPS) is 19.9. The number of halogens is 1. The molecule has 0 aliphatic carbocycles. The molecule has 0 spiro atoms. The first-order valence-electron chi connectivity index (χ1n) is 6.00. The van der Waals surface area contributed by atoms with Crippen molar-refractivity contribution in [3.8, 4) is 0 Å². The summed E-state index contributed by atoms with van der Waals surface area (Å²) in [6, 6.07) is 6.80. The molecule has 1 fully saturated rings. The Morgan fingerprint density at radius 1 is 1.50 bits per heavy atom. The summed E-state index contributed by atoms with van der Waals surface area (Å²) in [6.07, 6.45) is 2.62. The van der Waals surface area contributed by atoms with E-state index in [0.717, 1.165) is 31.6 Å². The second kappa shape index (κ2) is 6.20. The van der Waals surface area contributed by atoms with E-state index in [0.29, 0.717) is 0 Å². The van der Waals surface area contributed by atoms with Gasteiger partial charge in [0.25, 0.3) is 5.24 Å². The van der Waals surface area contributed by atoms with Crippen LogP contribution in [0.15, 0.2) is 24.3 Å². The fraction of sp³-hybridized carbons (Fsp3) is 0.462. The number of piperazine rings is 1. The van der Waals surface area contributed by atoms with Crippen LogP contribution in [0.1, 0.15) is 5.56 Å². The maximum absolute atomic E-state index is 12.8. The summed E-state index contributed by atoms with van der Waals surface area (Å²) in [5, 5.41) is 3.52. The molecule has 1 aliphatic rings. The van der Waals surface area contributed by atoms with Gasteiger partial charge >= 0.3 is 0 Å². The average molecular weight is 268 g/mol. The Kier molecular flexibility index (Phi) is 4.60. The standard InChI is InChI=1S/C13H17FN2OS/c1-18-13(17)16-7-6-15-12(9-16)8-10-2-4-11(14)5-3-10/h2-5,12,15H,6-9H2,1H3. The minimum absolute atomic E-state index is 0.126. The molecule has 1 aromatic carbocycles. The number of carbonyl (C=O) groups excluding carboxylic acids is 1. The lowest BCUT2D eigenvalue weighted by atomic mass is 10.0. The largest absolute Gasteiger partial charge is 0.331 e. The molecule has 1 amide bonds. The highest BCUT2D eigenvalue weighted by Crippen LogP contribution is 2.12. The van der Waals surface area contributed by atoms with Crippen LogP contribution in [0.3, 0.4) is 0 Å². The summed E-state index contributed by atoms with van der Waals surface area (Å²) in [6.45, 7) is 2.30. The van der Waals surface area contributed by atoms with Crippen molar-refractivity contribution in [1.82, 2.24) is 10.2 Å². The second-order valence-electron chi connectivity index (χ2n) is 4.40. The van der Waals surface area contributed by atoms with E-state index >= 15 is 0 Å². The van der Waals surface area contributed by atoms with Crippen LogP contribution in [0.25, 0.3) is 0 Å². The van der Waals surface area contributed by atoms with Crippen molar-refractivity contribution in [2.45, 2.75) is 12.5 Å². The zero-order valence-corrected chi connectivity index (χ0v) is 11.2. The lowest BCUT2D eigenvalue weighted by Crippen LogP contribution is -2.52. The first-order chi connectivity index (χ1) is 8.69. The van der Waals surface area contributed by atoms with E-state index in [1.807, 2.05) is 4.90 Å². The van der Waals surface area contributed by atoms with Gasteiger partial charge < -0.3 is 10.2 Å². The minimum atomic E-state index is -0.213. The Balaban J connectivity index is 1.93. The number of carbonyl (C=O) groups is 1. The summed E-state index contributed by atoms with van der Waals surface area (Å²) in [4.78, 5) is 13.5. The zero-order valence-electron chi connectivity index (χ0n) is 10.4. The molecule has 1 aliphatic heterocycles. The fourth-order valence-electron chi connectivity index (χ4n) is 2.16. The van der Waals surface area contributed by atoms with Crippen LogP contribution < -0.4 is 5.32 Å². The highest BCUT2D eigenvalue weighted by atomic mass is 32.2. The molecular formula is C13H17FN2OS. The number of hydrogen-bond acceptors (Lipinski definition) is 3. The molecule has 0 saturated carbocycles. The van der Waals surface area contributed by atoms with E-state index in [9.17, 15) is 9.18 Å². The minimum Gasteiger partial charge on any atom is -0.331 e. The van der Waals surface area contributed by atoms with Gasteiger partial charge in [-0.15, -0.1) is 0 Å². The molecule has 1 unspecified atom stereocenters. The van der Waals surface area contributed by atoms with Crippen LogP contribution in [-0.4, -0.2) is 42.1 Å². The Bertz CT molecular complexity index is 410. The Hall–Kier alpha value is -1.07. The Morgan fingerprint density at radius 3 is 2.89 bits per heavy atom. The number of amides is 1. The van der Waals surface area contributed by atoms with Gasteiger partial charge in [0, 0.05) is 25.7 Å². The molecule has 5 heteroatoms. The van der Waals surface area contributed by atoms with E-state index in [-0.39, 0.29) is 17.1 Å². The first-order valence-corrected chi connectivity index (χ1v) is 7.22. The zero-order chi connectivity index (χ0) is 13.0. The van der Waals surface area contributed by atoms with Crippen molar-refractivity contribution in [2.24, 2.45) is 0 Å². The quantitative estimate of drug-likeness (QED) is 0.892. The highest BCUT2D eigenvalue weighted by molar-refractivity contribution is 8.12. The van der Waals surface area contributed by atoms with Crippen molar-refractivity contribution in [3.05, 3.63) is 35.6 Å². The van der Waals surface area contributed by atoms with Crippen LogP contribution in [0.2, 0.25) is 0 Å². The third kappa shape index (κ3) is 3.46. The summed E-state index contributed by atoms with van der Waals surface area (Å²) >= 11 is 1.25. The molecule has 0 aromatic heterocycles. The Morgan fingerprint density at radius 2 is 2.22 bits per heavy atom. The smallest absolute Gasteiger partial charge is 0.281 e. The molecular weight excluding hydrogens is 251 g/mol. The van der Waals surface area contributed by atoms with Crippen molar-refractivity contribution >= 4 is 17.0 Å². The molecule has 2 rings (SSSR count). The Labute approximate surface area is 111 Å². The molecule has 1 heterocycles. The van der Waals surface area contributed by atoms with Crippen LogP contribution in [-0.2, 0) is 6.42 Å². The number of hydrogen-bond donors (Lipinski definition) is 1. The number of rotatable bonds is 2. The molecule has 1 N–H and O–H groups in total. The number of benzene rings is 1. The molecule has 0 radical (unpaired) electrons. The van der Waals surface area contributed by atoms with Crippen LogP contribution >= 0.6 is 11.8 Å². The molecule has 98 valence electrons. The van der Waals surface area contributed by atoms with Crippen LogP contribution in [0, 0.1) is 5.82 Å². The van der Waals surface area contributed by atoms with Gasteiger partial charge in [-0.1, -0.05) is 23.9 Å². The van der Waals surface area contributed by atoms with Gasteiger partial charge in [0.05, 0.1) is 0 Å². The second-order valence-corrected chi connectivity index (χ2v) is 5.16. The van der Waals surface area contributed by atoms with Gasteiger partial charge in [-0.05, 0) is 30.4 Å². The van der Waals surface area contributed by atoms with E-state index in [1.165, 1.54) is 23.9 Å². The highest BCUT2D eigenvalue weighted by Gasteiger charge is 2.22. The van der Waals surface area contributed by atoms with Crippen molar-refractivity contribution < 1.29 is 9.18 Å². The van der Waals surface area contributed by atoms with Crippen molar-refractivity contribution in [3.63, 3.8) is 0 Å². The number of nitrogens with zero attached hydrogens (tertiary/aromatic N) is 1. The first kappa shape index (κ1) is 13.4. The van der Waals surface area contributed by atoms with Crippen LogP contribution in [0.4, 0.5) is 9.18 Å². The van der Waals surface area contributed by atoms with Gasteiger partial charge in [-0.3, -0.25) is 4.79 Å². The topological polar surface area (TPSA) is 32.3 Å².